The number of nitrogens with two attached hydrogens (primary N) is 1. The van der Waals surface area contributed by atoms with Crippen molar-refractivity contribution in [1.29, 1.82) is 0 Å². The highest BCUT2D eigenvalue weighted by Gasteiger charge is 2.11. The Kier molecular flexibility index (Phi) is 3.66. The van der Waals surface area contributed by atoms with Gasteiger partial charge in [-0.3, -0.25) is 0 Å². The first-order valence-corrected chi connectivity index (χ1v) is 5.88. The monoisotopic (exact) mass is 238 g/mol. The standard InChI is InChI=1S/C10H14N4OS/c1-15-4-2-7(11)9-13-6-8(14-9)10-12-3-5-16-10/h3,5-7H,2,4,11H2,1H3,(H,13,14). The van der Waals surface area contributed by atoms with Crippen LogP contribution in [0.15, 0.2) is 17.8 Å². The summed E-state index contributed by atoms with van der Waals surface area (Å²) in [6.45, 7) is 0.633. The lowest BCUT2D eigenvalue weighted by Crippen LogP contribution is -2.14. The Bertz CT molecular complexity index is 426. The first-order chi connectivity index (χ1) is 7.81. The van der Waals surface area contributed by atoms with E-state index in [1.54, 1.807) is 30.8 Å². The highest BCUT2D eigenvalue weighted by Crippen LogP contribution is 2.21. The molecular weight excluding hydrogens is 224 g/mol. The van der Waals surface area contributed by atoms with E-state index in [2.05, 4.69) is 15.0 Å². The van der Waals surface area contributed by atoms with E-state index in [1.807, 2.05) is 5.38 Å². The molecule has 0 radical (unpaired) electrons. The fourth-order valence-electron chi connectivity index (χ4n) is 1.37. The Hall–Kier alpha value is -1.24. The largest absolute Gasteiger partial charge is 0.385 e. The van der Waals surface area contributed by atoms with E-state index < -0.39 is 0 Å². The molecule has 0 fully saturated rings. The second kappa shape index (κ2) is 5.20. The van der Waals surface area contributed by atoms with Gasteiger partial charge in [-0.2, -0.15) is 0 Å². The van der Waals surface area contributed by atoms with Crippen molar-refractivity contribution < 1.29 is 4.74 Å². The number of rotatable bonds is 5. The first-order valence-electron chi connectivity index (χ1n) is 5.00. The molecule has 0 aromatic carbocycles. The van der Waals surface area contributed by atoms with Crippen LogP contribution >= 0.6 is 11.3 Å². The van der Waals surface area contributed by atoms with Crippen LogP contribution in [0.4, 0.5) is 0 Å². The fourth-order valence-corrected chi connectivity index (χ4v) is 1.97. The van der Waals surface area contributed by atoms with Gasteiger partial charge < -0.3 is 15.5 Å². The third kappa shape index (κ3) is 2.46. The summed E-state index contributed by atoms with van der Waals surface area (Å²) in [4.78, 5) is 11.6. The van der Waals surface area contributed by atoms with Crippen LogP contribution < -0.4 is 5.73 Å². The average molecular weight is 238 g/mol. The van der Waals surface area contributed by atoms with E-state index in [4.69, 9.17) is 10.5 Å². The molecule has 0 aliphatic heterocycles. The van der Waals surface area contributed by atoms with Gasteiger partial charge in [0.2, 0.25) is 0 Å². The van der Waals surface area contributed by atoms with Gasteiger partial charge in [0.15, 0.2) is 0 Å². The van der Waals surface area contributed by atoms with Gasteiger partial charge in [-0.15, -0.1) is 11.3 Å². The van der Waals surface area contributed by atoms with Crippen molar-refractivity contribution >= 4 is 11.3 Å². The highest BCUT2D eigenvalue weighted by atomic mass is 32.1. The van der Waals surface area contributed by atoms with Gasteiger partial charge >= 0.3 is 0 Å². The Labute approximate surface area is 97.7 Å². The lowest BCUT2D eigenvalue weighted by molar-refractivity contribution is 0.187. The maximum Gasteiger partial charge on any atom is 0.141 e. The maximum atomic E-state index is 5.96. The van der Waals surface area contributed by atoms with E-state index in [9.17, 15) is 0 Å². The number of nitrogens with zero attached hydrogens (tertiary/aromatic N) is 2. The molecule has 1 unspecified atom stereocenters. The smallest absolute Gasteiger partial charge is 0.141 e. The molecule has 2 aromatic rings. The summed E-state index contributed by atoms with van der Waals surface area (Å²) in [5.74, 6) is 0.780. The third-order valence-electron chi connectivity index (χ3n) is 2.24. The number of H-pyrrole nitrogens is 1. The summed E-state index contributed by atoms with van der Waals surface area (Å²) >= 11 is 1.57. The molecule has 0 aliphatic carbocycles. The molecule has 0 spiro atoms. The molecule has 16 heavy (non-hydrogen) atoms. The van der Waals surface area contributed by atoms with Crippen LogP contribution in [-0.2, 0) is 4.74 Å². The van der Waals surface area contributed by atoms with Crippen LogP contribution in [0.5, 0.6) is 0 Å². The second-order valence-corrected chi connectivity index (χ2v) is 4.30. The van der Waals surface area contributed by atoms with E-state index >= 15 is 0 Å². The number of thiazole rings is 1. The topological polar surface area (TPSA) is 76.8 Å². The number of imidazole rings is 1. The van der Waals surface area contributed by atoms with Gasteiger partial charge in [-0.1, -0.05) is 0 Å². The SMILES string of the molecule is COCCC(N)c1ncc(-c2nccs2)[nH]1. The number of nitrogens with one attached hydrogen (secondary N) is 1. The van der Waals surface area contributed by atoms with Crippen molar-refractivity contribution in [3.63, 3.8) is 0 Å². The highest BCUT2D eigenvalue weighted by molar-refractivity contribution is 7.13. The molecule has 2 heterocycles. The number of hydrogen-bond donors (Lipinski definition) is 2. The van der Waals surface area contributed by atoms with Crippen LogP contribution in [0, 0.1) is 0 Å². The predicted molar refractivity (Wildman–Crippen MR) is 63.1 cm³/mol. The van der Waals surface area contributed by atoms with E-state index in [0.29, 0.717) is 6.61 Å². The summed E-state index contributed by atoms with van der Waals surface area (Å²) in [7, 11) is 1.66. The minimum absolute atomic E-state index is 0.117. The van der Waals surface area contributed by atoms with Crippen molar-refractivity contribution in [2.45, 2.75) is 12.5 Å². The van der Waals surface area contributed by atoms with E-state index in [0.717, 1.165) is 22.9 Å². The number of ether oxygens (including phenoxy) is 1. The van der Waals surface area contributed by atoms with Crippen LogP contribution in [0.1, 0.15) is 18.3 Å². The van der Waals surface area contributed by atoms with Crippen molar-refractivity contribution in [2.24, 2.45) is 5.73 Å². The molecule has 0 saturated carbocycles. The molecule has 2 rings (SSSR count). The number of methoxy groups -OCH3 is 1. The van der Waals surface area contributed by atoms with Crippen LogP contribution in [0.25, 0.3) is 10.7 Å². The molecule has 0 aliphatic rings. The lowest BCUT2D eigenvalue weighted by Gasteiger charge is -2.06. The molecule has 86 valence electrons. The number of hydrogen-bond acceptors (Lipinski definition) is 5. The molecule has 0 bridgehead atoms. The van der Waals surface area contributed by atoms with Crippen molar-refractivity contribution in [2.75, 3.05) is 13.7 Å². The maximum absolute atomic E-state index is 5.96. The molecule has 3 N–H and O–H groups in total. The average Bonchev–Trinajstić information content (AvgIpc) is 2.94. The van der Waals surface area contributed by atoms with Crippen LogP contribution in [0.3, 0.4) is 0 Å². The normalized spacial score (nSPS) is 12.9. The third-order valence-corrected chi connectivity index (χ3v) is 3.05. The van der Waals surface area contributed by atoms with Crippen molar-refractivity contribution in [3.05, 3.63) is 23.6 Å². The number of aromatic amines is 1. The Morgan fingerprint density at radius 3 is 3.12 bits per heavy atom. The summed E-state index contributed by atoms with van der Waals surface area (Å²) in [6.07, 6.45) is 4.29. The Morgan fingerprint density at radius 1 is 1.56 bits per heavy atom. The van der Waals surface area contributed by atoms with Crippen molar-refractivity contribution in [3.8, 4) is 10.7 Å². The molecule has 6 heteroatoms. The predicted octanol–water partition coefficient (Wildman–Crippen LogP) is 1.57. The van der Waals surface area contributed by atoms with Gasteiger partial charge in [0.05, 0.1) is 17.9 Å². The quantitative estimate of drug-likeness (QED) is 0.829. The molecule has 5 nitrogen and oxygen atoms in total. The minimum atomic E-state index is -0.117. The van der Waals surface area contributed by atoms with Gasteiger partial charge in [0.1, 0.15) is 10.8 Å². The zero-order valence-electron chi connectivity index (χ0n) is 9.01. The summed E-state index contributed by atoms with van der Waals surface area (Å²) in [6, 6.07) is -0.117. The summed E-state index contributed by atoms with van der Waals surface area (Å²) < 4.78 is 4.98. The summed E-state index contributed by atoms with van der Waals surface area (Å²) in [5.41, 5.74) is 6.87. The van der Waals surface area contributed by atoms with Gasteiger partial charge in [-0.05, 0) is 6.42 Å². The minimum Gasteiger partial charge on any atom is -0.385 e. The second-order valence-electron chi connectivity index (χ2n) is 3.41. The first kappa shape index (κ1) is 11.3. The number of aromatic nitrogens is 3. The van der Waals surface area contributed by atoms with Gasteiger partial charge in [-0.25, -0.2) is 9.97 Å². The molecule has 2 aromatic heterocycles. The van der Waals surface area contributed by atoms with Gasteiger partial charge in [0.25, 0.3) is 0 Å². The van der Waals surface area contributed by atoms with Crippen LogP contribution in [0.2, 0.25) is 0 Å². The molecule has 0 saturated heterocycles. The van der Waals surface area contributed by atoms with Gasteiger partial charge in [0, 0.05) is 25.3 Å². The Balaban J connectivity index is 2.07. The molecular formula is C10H14N4OS. The zero-order valence-corrected chi connectivity index (χ0v) is 9.83. The van der Waals surface area contributed by atoms with E-state index in [-0.39, 0.29) is 6.04 Å². The lowest BCUT2D eigenvalue weighted by atomic mass is 10.2. The van der Waals surface area contributed by atoms with Crippen molar-refractivity contribution in [1.82, 2.24) is 15.0 Å². The molecule has 1 atom stereocenters. The van der Waals surface area contributed by atoms with Crippen LogP contribution in [-0.4, -0.2) is 28.7 Å². The fraction of sp³-hybridized carbons (Fsp3) is 0.400. The zero-order chi connectivity index (χ0) is 11.4. The summed E-state index contributed by atoms with van der Waals surface area (Å²) in [5, 5.41) is 2.86. The molecule has 0 amide bonds. The van der Waals surface area contributed by atoms with E-state index in [1.165, 1.54) is 0 Å². The Morgan fingerprint density at radius 2 is 2.44 bits per heavy atom.